The van der Waals surface area contributed by atoms with E-state index in [9.17, 15) is 9.18 Å². The predicted molar refractivity (Wildman–Crippen MR) is 112 cm³/mol. The summed E-state index contributed by atoms with van der Waals surface area (Å²) in [5, 5.41) is 5.12. The zero-order valence-electron chi connectivity index (χ0n) is 17.6. The molecule has 1 fully saturated rings. The van der Waals surface area contributed by atoms with Crippen LogP contribution in [0.4, 0.5) is 10.1 Å². The summed E-state index contributed by atoms with van der Waals surface area (Å²) in [6, 6.07) is 4.49. The van der Waals surface area contributed by atoms with Crippen LogP contribution in [0.2, 0.25) is 0 Å². The van der Waals surface area contributed by atoms with Crippen molar-refractivity contribution in [3.05, 3.63) is 47.4 Å². The molecule has 0 aliphatic carbocycles. The van der Waals surface area contributed by atoms with Crippen molar-refractivity contribution in [2.75, 3.05) is 24.6 Å². The van der Waals surface area contributed by atoms with Gasteiger partial charge < -0.3 is 9.64 Å². The molecule has 30 heavy (non-hydrogen) atoms. The summed E-state index contributed by atoms with van der Waals surface area (Å²) in [6.45, 7) is 8.17. The molecule has 3 heterocycles. The Bertz CT molecular complexity index is 1080. The van der Waals surface area contributed by atoms with Crippen LogP contribution in [0.15, 0.2) is 24.4 Å². The molecule has 2 aromatic heterocycles. The van der Waals surface area contributed by atoms with Crippen LogP contribution in [0.1, 0.15) is 41.8 Å². The van der Waals surface area contributed by atoms with Crippen LogP contribution in [0.3, 0.4) is 0 Å². The number of nitrogens with zero attached hydrogens (tertiary/aromatic N) is 5. The number of carbonyl (C=O) groups excluding carboxylic acids is 1. The van der Waals surface area contributed by atoms with Gasteiger partial charge in [0.05, 0.1) is 17.8 Å². The number of piperidine rings is 1. The summed E-state index contributed by atoms with van der Waals surface area (Å²) in [5.41, 5.74) is 1.74. The first-order valence-corrected chi connectivity index (χ1v) is 10.3. The van der Waals surface area contributed by atoms with Gasteiger partial charge in [-0.15, -0.1) is 0 Å². The van der Waals surface area contributed by atoms with E-state index in [0.717, 1.165) is 44.1 Å². The fourth-order valence-electron chi connectivity index (χ4n) is 4.25. The minimum Gasteiger partial charge on any atom is -0.462 e. The molecule has 1 aliphatic heterocycles. The number of halogens is 1. The highest BCUT2D eigenvalue weighted by Gasteiger charge is 2.27. The summed E-state index contributed by atoms with van der Waals surface area (Å²) >= 11 is 0. The standard InChI is InChI=1S/C22H26FN5O2/c1-4-30-22(29)19-11-24-20-8-7-17(23)10-18(20)21(19)27-9-5-6-16(12-27)13-28-15(3)25-14(2)26-28/h7-8,10-11,16H,4-6,9,12-13H2,1-3H3. The van der Waals surface area contributed by atoms with Crippen LogP contribution >= 0.6 is 0 Å². The Morgan fingerprint density at radius 2 is 2.17 bits per heavy atom. The first kappa shape index (κ1) is 20.3. The van der Waals surface area contributed by atoms with E-state index in [1.54, 1.807) is 19.2 Å². The molecule has 3 aromatic rings. The second-order valence-corrected chi connectivity index (χ2v) is 7.75. The first-order valence-electron chi connectivity index (χ1n) is 10.3. The SMILES string of the molecule is CCOC(=O)c1cnc2ccc(F)cc2c1N1CCCC(Cn2nc(C)nc2C)C1. The van der Waals surface area contributed by atoms with Gasteiger partial charge in [0, 0.05) is 31.2 Å². The number of hydrogen-bond donors (Lipinski definition) is 0. The van der Waals surface area contributed by atoms with E-state index in [-0.39, 0.29) is 12.4 Å². The molecule has 1 aliphatic rings. The number of benzene rings is 1. The van der Waals surface area contributed by atoms with Crippen molar-refractivity contribution in [1.82, 2.24) is 19.7 Å². The lowest BCUT2D eigenvalue weighted by atomic mass is 9.96. The topological polar surface area (TPSA) is 73.1 Å². The number of rotatable bonds is 5. The monoisotopic (exact) mass is 411 g/mol. The van der Waals surface area contributed by atoms with Crippen LogP contribution in [0.25, 0.3) is 10.9 Å². The molecule has 7 nitrogen and oxygen atoms in total. The van der Waals surface area contributed by atoms with Crippen LogP contribution in [0.5, 0.6) is 0 Å². The molecule has 0 spiro atoms. The number of ether oxygens (including phenoxy) is 1. The number of aryl methyl sites for hydroxylation is 2. The van der Waals surface area contributed by atoms with E-state index < -0.39 is 5.97 Å². The molecule has 1 aromatic carbocycles. The molecule has 0 saturated carbocycles. The third-order valence-corrected chi connectivity index (χ3v) is 5.53. The summed E-state index contributed by atoms with van der Waals surface area (Å²) < 4.78 is 21.3. The van der Waals surface area contributed by atoms with Crippen molar-refractivity contribution in [3.8, 4) is 0 Å². The van der Waals surface area contributed by atoms with Gasteiger partial charge in [-0.05, 0) is 57.7 Å². The maximum absolute atomic E-state index is 14.1. The number of hydrogen-bond acceptors (Lipinski definition) is 6. The maximum atomic E-state index is 14.1. The number of fused-ring (bicyclic) bond motifs is 1. The largest absolute Gasteiger partial charge is 0.462 e. The second-order valence-electron chi connectivity index (χ2n) is 7.75. The van der Waals surface area contributed by atoms with Crippen LogP contribution < -0.4 is 4.90 Å². The fourth-order valence-corrected chi connectivity index (χ4v) is 4.25. The minimum atomic E-state index is -0.434. The fraction of sp³-hybridized carbons (Fsp3) is 0.455. The Morgan fingerprint density at radius 1 is 1.33 bits per heavy atom. The molecule has 0 amide bonds. The number of pyridine rings is 1. The Kier molecular flexibility index (Phi) is 5.65. The van der Waals surface area contributed by atoms with Gasteiger partial charge in [-0.25, -0.2) is 18.9 Å². The summed E-state index contributed by atoms with van der Waals surface area (Å²) in [6.07, 6.45) is 3.57. The van der Waals surface area contributed by atoms with Gasteiger partial charge in [0.2, 0.25) is 0 Å². The van der Waals surface area contributed by atoms with Crippen LogP contribution in [-0.2, 0) is 11.3 Å². The number of carbonyl (C=O) groups is 1. The van der Waals surface area contributed by atoms with E-state index in [4.69, 9.17) is 4.74 Å². The van der Waals surface area contributed by atoms with Gasteiger partial charge in [0.1, 0.15) is 23.0 Å². The molecule has 158 valence electrons. The van der Waals surface area contributed by atoms with Crippen molar-refractivity contribution in [3.63, 3.8) is 0 Å². The molecule has 0 N–H and O–H groups in total. The van der Waals surface area contributed by atoms with Crippen LogP contribution in [-0.4, -0.2) is 45.4 Å². The van der Waals surface area contributed by atoms with Crippen LogP contribution in [0, 0.1) is 25.6 Å². The van der Waals surface area contributed by atoms with E-state index >= 15 is 0 Å². The molecular formula is C22H26FN5O2. The van der Waals surface area contributed by atoms with Gasteiger partial charge in [-0.1, -0.05) is 0 Å². The van der Waals surface area contributed by atoms with Gasteiger partial charge in [0.25, 0.3) is 0 Å². The lowest BCUT2D eigenvalue weighted by Gasteiger charge is -2.36. The molecular weight excluding hydrogens is 385 g/mol. The van der Waals surface area contributed by atoms with E-state index in [0.29, 0.717) is 28.1 Å². The molecule has 1 unspecified atom stereocenters. The highest BCUT2D eigenvalue weighted by Crippen LogP contribution is 2.34. The van der Waals surface area contributed by atoms with Crippen molar-refractivity contribution < 1.29 is 13.9 Å². The predicted octanol–water partition coefficient (Wildman–Crippen LogP) is 3.68. The molecule has 1 atom stereocenters. The summed E-state index contributed by atoms with van der Waals surface area (Å²) in [7, 11) is 0. The van der Waals surface area contributed by atoms with Gasteiger partial charge in [0.15, 0.2) is 0 Å². The number of esters is 1. The molecule has 8 heteroatoms. The van der Waals surface area contributed by atoms with E-state index in [1.807, 2.05) is 18.5 Å². The van der Waals surface area contributed by atoms with E-state index in [2.05, 4.69) is 20.0 Å². The maximum Gasteiger partial charge on any atom is 0.341 e. The quantitative estimate of drug-likeness (QED) is 0.597. The minimum absolute atomic E-state index is 0.271. The molecule has 1 saturated heterocycles. The zero-order chi connectivity index (χ0) is 21.3. The third-order valence-electron chi connectivity index (χ3n) is 5.53. The Labute approximate surface area is 174 Å². The Hall–Kier alpha value is -3.03. The van der Waals surface area contributed by atoms with Crippen molar-refractivity contribution in [2.45, 2.75) is 40.2 Å². The van der Waals surface area contributed by atoms with E-state index in [1.165, 1.54) is 12.1 Å². The van der Waals surface area contributed by atoms with Gasteiger partial charge >= 0.3 is 5.97 Å². The summed E-state index contributed by atoms with van der Waals surface area (Å²) in [5.74, 6) is 1.21. The highest BCUT2D eigenvalue weighted by atomic mass is 19.1. The van der Waals surface area contributed by atoms with Crippen molar-refractivity contribution in [1.29, 1.82) is 0 Å². The average Bonchev–Trinajstić information content (AvgIpc) is 3.04. The zero-order valence-corrected chi connectivity index (χ0v) is 17.6. The third kappa shape index (κ3) is 3.99. The van der Waals surface area contributed by atoms with Crippen molar-refractivity contribution in [2.24, 2.45) is 5.92 Å². The Balaban J connectivity index is 1.71. The number of aromatic nitrogens is 4. The van der Waals surface area contributed by atoms with Gasteiger partial charge in [-0.2, -0.15) is 5.10 Å². The first-order chi connectivity index (χ1) is 14.5. The molecule has 4 rings (SSSR count). The molecule has 0 radical (unpaired) electrons. The normalized spacial score (nSPS) is 16.8. The lowest BCUT2D eigenvalue weighted by Crippen LogP contribution is -2.38. The number of anilines is 1. The average molecular weight is 411 g/mol. The Morgan fingerprint density at radius 3 is 2.90 bits per heavy atom. The highest BCUT2D eigenvalue weighted by molar-refractivity contribution is 6.05. The van der Waals surface area contributed by atoms with Crippen molar-refractivity contribution >= 4 is 22.6 Å². The summed E-state index contributed by atoms with van der Waals surface area (Å²) in [4.78, 5) is 23.6. The smallest absolute Gasteiger partial charge is 0.341 e. The molecule has 0 bridgehead atoms. The second kappa shape index (κ2) is 8.38. The van der Waals surface area contributed by atoms with Gasteiger partial charge in [-0.3, -0.25) is 4.98 Å². The lowest BCUT2D eigenvalue weighted by molar-refractivity contribution is 0.0526.